The molecule has 6 heteroatoms. The molecule has 1 fully saturated rings. The molecule has 1 aromatic heterocycles. The first kappa shape index (κ1) is 14.0. The van der Waals surface area contributed by atoms with Crippen LogP contribution in [0.5, 0.6) is 0 Å². The zero-order chi connectivity index (χ0) is 14.7. The third kappa shape index (κ3) is 3.20. The summed E-state index contributed by atoms with van der Waals surface area (Å²) < 4.78 is 0. The summed E-state index contributed by atoms with van der Waals surface area (Å²) in [6.45, 7) is 3.79. The lowest BCUT2D eigenvalue weighted by atomic mass is 10.2. The van der Waals surface area contributed by atoms with Crippen LogP contribution in [0.4, 0.5) is 17.2 Å². The van der Waals surface area contributed by atoms with E-state index in [0.717, 1.165) is 42.7 Å². The van der Waals surface area contributed by atoms with Crippen molar-refractivity contribution in [2.75, 3.05) is 41.4 Å². The van der Waals surface area contributed by atoms with Crippen molar-refractivity contribution >= 4 is 28.8 Å². The first-order valence-corrected chi connectivity index (χ1v) is 7.32. The molecule has 1 aromatic carbocycles. The van der Waals surface area contributed by atoms with E-state index >= 15 is 0 Å². The summed E-state index contributed by atoms with van der Waals surface area (Å²) in [4.78, 5) is 9.05. The summed E-state index contributed by atoms with van der Waals surface area (Å²) >= 11 is 6.05. The molecule has 1 saturated heterocycles. The van der Waals surface area contributed by atoms with Crippen molar-refractivity contribution < 1.29 is 0 Å². The highest BCUT2D eigenvalue weighted by Gasteiger charge is 2.18. The van der Waals surface area contributed by atoms with E-state index in [4.69, 9.17) is 17.4 Å². The minimum atomic E-state index is 0.779. The number of hydrazine groups is 1. The van der Waals surface area contributed by atoms with E-state index in [-0.39, 0.29) is 0 Å². The Balaban J connectivity index is 1.64. The number of benzene rings is 1. The summed E-state index contributed by atoms with van der Waals surface area (Å²) in [6.07, 6.45) is 1.75. The number of rotatable bonds is 3. The first-order valence-electron chi connectivity index (χ1n) is 6.94. The second kappa shape index (κ2) is 6.20. The van der Waals surface area contributed by atoms with Crippen molar-refractivity contribution in [3.8, 4) is 0 Å². The molecular weight excluding hydrogens is 286 g/mol. The molecule has 5 nitrogen and oxygen atoms in total. The number of anilines is 3. The number of nitrogens with one attached hydrogen (secondary N) is 1. The molecular formula is C15H18ClN5. The summed E-state index contributed by atoms with van der Waals surface area (Å²) in [6, 6.07) is 11.9. The van der Waals surface area contributed by atoms with Gasteiger partial charge in [0.05, 0.1) is 11.9 Å². The monoisotopic (exact) mass is 303 g/mol. The quantitative estimate of drug-likeness (QED) is 0.673. The topological polar surface area (TPSA) is 57.4 Å². The van der Waals surface area contributed by atoms with Gasteiger partial charge in [-0.1, -0.05) is 17.7 Å². The number of pyridine rings is 1. The Kier molecular flexibility index (Phi) is 4.13. The van der Waals surface area contributed by atoms with Crippen molar-refractivity contribution in [1.29, 1.82) is 0 Å². The highest BCUT2D eigenvalue weighted by Crippen LogP contribution is 2.22. The molecule has 3 N–H and O–H groups in total. The van der Waals surface area contributed by atoms with E-state index in [2.05, 4.69) is 26.3 Å². The molecule has 2 aromatic rings. The van der Waals surface area contributed by atoms with Gasteiger partial charge in [0.2, 0.25) is 0 Å². The second-order valence-corrected chi connectivity index (χ2v) is 5.44. The zero-order valence-electron chi connectivity index (χ0n) is 11.7. The summed E-state index contributed by atoms with van der Waals surface area (Å²) in [5, 5.41) is 0.779. The van der Waals surface area contributed by atoms with Crippen LogP contribution in [-0.4, -0.2) is 31.2 Å². The van der Waals surface area contributed by atoms with Gasteiger partial charge in [0.1, 0.15) is 5.82 Å². The van der Waals surface area contributed by atoms with Gasteiger partial charge < -0.3 is 15.2 Å². The lowest BCUT2D eigenvalue weighted by Gasteiger charge is -2.36. The first-order chi connectivity index (χ1) is 10.3. The van der Waals surface area contributed by atoms with Crippen LogP contribution in [0.1, 0.15) is 0 Å². The number of halogens is 1. The van der Waals surface area contributed by atoms with Gasteiger partial charge in [-0.05, 0) is 30.3 Å². The van der Waals surface area contributed by atoms with Crippen LogP contribution in [0.3, 0.4) is 0 Å². The predicted octanol–water partition coefficient (Wildman–Crippen LogP) is 2.35. The molecule has 0 atom stereocenters. The third-order valence-electron chi connectivity index (χ3n) is 3.69. The van der Waals surface area contributed by atoms with Gasteiger partial charge in [0.15, 0.2) is 0 Å². The Hall–Kier alpha value is -1.98. The maximum Gasteiger partial charge on any atom is 0.128 e. The van der Waals surface area contributed by atoms with Gasteiger partial charge >= 0.3 is 0 Å². The van der Waals surface area contributed by atoms with Crippen LogP contribution in [0.25, 0.3) is 0 Å². The van der Waals surface area contributed by atoms with E-state index in [9.17, 15) is 0 Å². The minimum absolute atomic E-state index is 0.779. The highest BCUT2D eigenvalue weighted by molar-refractivity contribution is 6.30. The van der Waals surface area contributed by atoms with Crippen molar-refractivity contribution in [1.82, 2.24) is 4.98 Å². The molecule has 0 unspecified atom stereocenters. The molecule has 21 heavy (non-hydrogen) atoms. The minimum Gasteiger partial charge on any atom is -0.368 e. The maximum absolute atomic E-state index is 6.05. The molecule has 0 saturated carbocycles. The van der Waals surface area contributed by atoms with Gasteiger partial charge in [-0.15, -0.1) is 0 Å². The number of hydrogen-bond acceptors (Lipinski definition) is 5. The van der Waals surface area contributed by atoms with Gasteiger partial charge in [-0.25, -0.2) is 4.98 Å². The standard InChI is InChI=1S/C15H18ClN5/c16-12-2-1-3-14(10-12)20-6-8-21(9-7-20)15-5-4-13(19-17)11-18-15/h1-5,10-11,19H,6-9,17H2. The van der Waals surface area contributed by atoms with Gasteiger partial charge in [-0.2, -0.15) is 0 Å². The predicted molar refractivity (Wildman–Crippen MR) is 87.9 cm³/mol. The van der Waals surface area contributed by atoms with E-state index < -0.39 is 0 Å². The molecule has 3 rings (SSSR count). The number of aromatic nitrogens is 1. The van der Waals surface area contributed by atoms with Crippen LogP contribution < -0.4 is 21.1 Å². The third-order valence-corrected chi connectivity index (χ3v) is 3.93. The number of nitrogen functional groups attached to an aromatic ring is 1. The van der Waals surface area contributed by atoms with Crippen LogP contribution in [0.15, 0.2) is 42.6 Å². The lowest BCUT2D eigenvalue weighted by Crippen LogP contribution is -2.46. The van der Waals surface area contributed by atoms with Crippen molar-refractivity contribution in [3.63, 3.8) is 0 Å². The van der Waals surface area contributed by atoms with Crippen molar-refractivity contribution in [2.45, 2.75) is 0 Å². The van der Waals surface area contributed by atoms with Crippen LogP contribution in [-0.2, 0) is 0 Å². The zero-order valence-corrected chi connectivity index (χ0v) is 12.4. The molecule has 0 spiro atoms. The number of hydrogen-bond donors (Lipinski definition) is 2. The molecule has 1 aliphatic rings. The maximum atomic E-state index is 6.05. The fourth-order valence-electron chi connectivity index (χ4n) is 2.53. The number of nitrogens with zero attached hydrogens (tertiary/aromatic N) is 3. The van der Waals surface area contributed by atoms with E-state index in [1.54, 1.807) is 6.20 Å². The molecule has 0 bridgehead atoms. The van der Waals surface area contributed by atoms with E-state index in [0.29, 0.717) is 0 Å². The van der Waals surface area contributed by atoms with Crippen molar-refractivity contribution in [3.05, 3.63) is 47.6 Å². The summed E-state index contributed by atoms with van der Waals surface area (Å²) in [5.74, 6) is 6.34. The van der Waals surface area contributed by atoms with Gasteiger partial charge in [-0.3, -0.25) is 5.84 Å². The van der Waals surface area contributed by atoms with E-state index in [1.807, 2.05) is 30.3 Å². The largest absolute Gasteiger partial charge is 0.368 e. The SMILES string of the molecule is NNc1ccc(N2CCN(c3cccc(Cl)c3)CC2)nc1. The Bertz CT molecular complexity index is 593. The molecule has 0 aliphatic carbocycles. The molecule has 0 radical (unpaired) electrons. The Labute approximate surface area is 129 Å². The molecule has 0 amide bonds. The molecule has 2 heterocycles. The van der Waals surface area contributed by atoms with Crippen molar-refractivity contribution in [2.24, 2.45) is 5.84 Å². The normalized spacial score (nSPS) is 15.1. The van der Waals surface area contributed by atoms with Crippen LogP contribution >= 0.6 is 11.6 Å². The van der Waals surface area contributed by atoms with Crippen LogP contribution in [0.2, 0.25) is 5.02 Å². The number of nitrogens with two attached hydrogens (primary N) is 1. The Morgan fingerprint density at radius 3 is 2.43 bits per heavy atom. The van der Waals surface area contributed by atoms with Gasteiger partial charge in [0.25, 0.3) is 0 Å². The Morgan fingerprint density at radius 2 is 1.81 bits per heavy atom. The van der Waals surface area contributed by atoms with Gasteiger partial charge in [0, 0.05) is 36.9 Å². The molecule has 110 valence electrons. The number of piperazine rings is 1. The second-order valence-electron chi connectivity index (χ2n) is 5.00. The summed E-state index contributed by atoms with van der Waals surface area (Å²) in [5.41, 5.74) is 4.58. The summed E-state index contributed by atoms with van der Waals surface area (Å²) in [7, 11) is 0. The average Bonchev–Trinajstić information content (AvgIpc) is 2.55. The fraction of sp³-hybridized carbons (Fsp3) is 0.267. The smallest absolute Gasteiger partial charge is 0.128 e. The van der Waals surface area contributed by atoms with E-state index in [1.165, 1.54) is 5.69 Å². The lowest BCUT2D eigenvalue weighted by molar-refractivity contribution is 0.647. The average molecular weight is 304 g/mol. The molecule has 1 aliphatic heterocycles. The van der Waals surface area contributed by atoms with Crippen LogP contribution in [0, 0.1) is 0 Å². The Morgan fingerprint density at radius 1 is 1.05 bits per heavy atom. The highest BCUT2D eigenvalue weighted by atomic mass is 35.5. The fourth-order valence-corrected chi connectivity index (χ4v) is 2.71.